The highest BCUT2D eigenvalue weighted by atomic mass is 79.9. The van der Waals surface area contributed by atoms with Crippen molar-refractivity contribution in [1.82, 2.24) is 5.32 Å². The summed E-state index contributed by atoms with van der Waals surface area (Å²) in [5.74, 6) is 1.17. The van der Waals surface area contributed by atoms with E-state index in [1.54, 1.807) is 0 Å². The molecule has 0 unspecified atom stereocenters. The van der Waals surface area contributed by atoms with E-state index in [1.807, 2.05) is 0 Å². The molecule has 0 aromatic heterocycles. The Morgan fingerprint density at radius 2 is 2.11 bits per heavy atom. The van der Waals surface area contributed by atoms with Crippen LogP contribution in [0.2, 0.25) is 0 Å². The van der Waals surface area contributed by atoms with Gasteiger partial charge in [-0.05, 0) is 55.0 Å². The molecule has 1 fully saturated rings. The average Bonchev–Trinajstić information content (AvgIpc) is 2.98. The Morgan fingerprint density at radius 1 is 1.32 bits per heavy atom. The fraction of sp³-hybridized carbons (Fsp3) is 0.625. The SMILES string of the molecule is CNCC1(Cc2cc(Br)cc3c2OCC3)CCCC1. The van der Waals surface area contributed by atoms with Crippen LogP contribution in [0.1, 0.15) is 36.8 Å². The molecule has 3 heteroatoms. The summed E-state index contributed by atoms with van der Waals surface area (Å²) < 4.78 is 7.08. The number of nitrogens with one attached hydrogen (secondary N) is 1. The van der Waals surface area contributed by atoms with Crippen molar-refractivity contribution in [1.29, 1.82) is 0 Å². The molecule has 104 valence electrons. The number of hydrogen-bond acceptors (Lipinski definition) is 2. The van der Waals surface area contributed by atoms with Gasteiger partial charge in [0.15, 0.2) is 0 Å². The van der Waals surface area contributed by atoms with Gasteiger partial charge in [0.2, 0.25) is 0 Å². The first kappa shape index (κ1) is 13.4. The minimum atomic E-state index is 0.440. The maximum Gasteiger partial charge on any atom is 0.125 e. The van der Waals surface area contributed by atoms with Crippen LogP contribution in [0.5, 0.6) is 5.75 Å². The molecular weight excluding hydrogens is 302 g/mol. The number of fused-ring (bicyclic) bond motifs is 1. The lowest BCUT2D eigenvalue weighted by Crippen LogP contribution is -2.32. The third kappa shape index (κ3) is 2.68. The van der Waals surface area contributed by atoms with Gasteiger partial charge in [0.25, 0.3) is 0 Å². The molecule has 0 spiro atoms. The molecule has 2 nitrogen and oxygen atoms in total. The molecule has 0 saturated heterocycles. The molecule has 1 aromatic carbocycles. The smallest absolute Gasteiger partial charge is 0.125 e. The van der Waals surface area contributed by atoms with E-state index in [4.69, 9.17) is 4.74 Å². The van der Waals surface area contributed by atoms with Crippen LogP contribution in [0, 0.1) is 5.41 Å². The van der Waals surface area contributed by atoms with E-state index in [0.29, 0.717) is 5.41 Å². The molecule has 1 aromatic rings. The maximum absolute atomic E-state index is 5.88. The third-order valence-electron chi connectivity index (χ3n) is 4.61. The standard InChI is InChI=1S/C16H22BrNO/c1-18-11-16(5-2-3-6-16)10-13-9-14(17)8-12-4-7-19-15(12)13/h8-9,18H,2-7,10-11H2,1H3. The maximum atomic E-state index is 5.88. The van der Waals surface area contributed by atoms with Gasteiger partial charge in [0, 0.05) is 17.4 Å². The van der Waals surface area contributed by atoms with E-state index >= 15 is 0 Å². The van der Waals surface area contributed by atoms with Gasteiger partial charge < -0.3 is 10.1 Å². The first-order chi connectivity index (χ1) is 9.22. The Balaban J connectivity index is 1.90. The summed E-state index contributed by atoms with van der Waals surface area (Å²) in [4.78, 5) is 0. The molecule has 1 aliphatic heterocycles. The van der Waals surface area contributed by atoms with Gasteiger partial charge in [-0.25, -0.2) is 0 Å². The summed E-state index contributed by atoms with van der Waals surface area (Å²) in [6.07, 6.45) is 7.64. The highest BCUT2D eigenvalue weighted by Gasteiger charge is 2.35. The molecule has 1 heterocycles. The molecule has 0 atom stereocenters. The fourth-order valence-corrected chi connectivity index (χ4v) is 4.35. The fourth-order valence-electron chi connectivity index (χ4n) is 3.80. The van der Waals surface area contributed by atoms with Gasteiger partial charge in [-0.2, -0.15) is 0 Å². The van der Waals surface area contributed by atoms with Crippen molar-refractivity contribution in [3.63, 3.8) is 0 Å². The van der Waals surface area contributed by atoms with Crippen LogP contribution in [0.15, 0.2) is 16.6 Å². The molecule has 0 amide bonds. The van der Waals surface area contributed by atoms with E-state index in [2.05, 4.69) is 40.4 Å². The van der Waals surface area contributed by atoms with Gasteiger partial charge in [-0.1, -0.05) is 28.8 Å². The topological polar surface area (TPSA) is 21.3 Å². The number of halogens is 1. The number of rotatable bonds is 4. The normalized spacial score (nSPS) is 20.3. The van der Waals surface area contributed by atoms with Crippen LogP contribution in [0.4, 0.5) is 0 Å². The summed E-state index contributed by atoms with van der Waals surface area (Å²) in [6, 6.07) is 4.48. The van der Waals surface area contributed by atoms with Crippen molar-refractivity contribution >= 4 is 15.9 Å². The lowest BCUT2D eigenvalue weighted by Gasteiger charge is -2.29. The zero-order valence-electron chi connectivity index (χ0n) is 11.6. The van der Waals surface area contributed by atoms with Gasteiger partial charge in [0.05, 0.1) is 6.61 Å². The van der Waals surface area contributed by atoms with Crippen LogP contribution in [0.25, 0.3) is 0 Å². The minimum absolute atomic E-state index is 0.440. The minimum Gasteiger partial charge on any atom is -0.493 e. The predicted octanol–water partition coefficient (Wildman–Crippen LogP) is 3.71. The first-order valence-corrected chi connectivity index (χ1v) is 8.10. The highest BCUT2D eigenvalue weighted by Crippen LogP contribution is 2.44. The second kappa shape index (κ2) is 5.45. The molecule has 1 N–H and O–H groups in total. The first-order valence-electron chi connectivity index (χ1n) is 7.31. The molecule has 0 radical (unpaired) electrons. The van der Waals surface area contributed by atoms with Crippen LogP contribution < -0.4 is 10.1 Å². The van der Waals surface area contributed by atoms with Crippen molar-refractivity contribution in [3.8, 4) is 5.75 Å². The van der Waals surface area contributed by atoms with Crippen molar-refractivity contribution < 1.29 is 4.74 Å². The highest BCUT2D eigenvalue weighted by molar-refractivity contribution is 9.10. The number of ether oxygens (including phenoxy) is 1. The van der Waals surface area contributed by atoms with Crippen molar-refractivity contribution in [2.75, 3.05) is 20.2 Å². The zero-order chi connectivity index (χ0) is 13.3. The monoisotopic (exact) mass is 323 g/mol. The Hall–Kier alpha value is -0.540. The van der Waals surface area contributed by atoms with Gasteiger partial charge in [-0.3, -0.25) is 0 Å². The molecule has 3 rings (SSSR count). The molecule has 0 bridgehead atoms. The predicted molar refractivity (Wildman–Crippen MR) is 81.9 cm³/mol. The molecule has 1 aliphatic carbocycles. The summed E-state index contributed by atoms with van der Waals surface area (Å²) in [5.41, 5.74) is 3.22. The van der Waals surface area contributed by atoms with E-state index < -0.39 is 0 Å². The molecule has 1 saturated carbocycles. The lowest BCUT2D eigenvalue weighted by molar-refractivity contribution is 0.278. The van der Waals surface area contributed by atoms with Gasteiger partial charge in [0.1, 0.15) is 5.75 Å². The van der Waals surface area contributed by atoms with E-state index in [1.165, 1.54) is 47.0 Å². The Morgan fingerprint density at radius 3 is 2.84 bits per heavy atom. The third-order valence-corrected chi connectivity index (χ3v) is 5.06. The van der Waals surface area contributed by atoms with Crippen molar-refractivity contribution in [3.05, 3.63) is 27.7 Å². The van der Waals surface area contributed by atoms with Crippen molar-refractivity contribution in [2.24, 2.45) is 5.41 Å². The Labute approximate surface area is 124 Å². The second-order valence-electron chi connectivity index (χ2n) is 6.07. The second-order valence-corrected chi connectivity index (χ2v) is 6.98. The summed E-state index contributed by atoms with van der Waals surface area (Å²) in [5, 5.41) is 3.40. The lowest BCUT2D eigenvalue weighted by atomic mass is 9.79. The number of hydrogen-bond donors (Lipinski definition) is 1. The van der Waals surface area contributed by atoms with Crippen LogP contribution in [-0.2, 0) is 12.8 Å². The Kier molecular flexibility index (Phi) is 3.86. The van der Waals surface area contributed by atoms with Gasteiger partial charge in [-0.15, -0.1) is 0 Å². The molecular formula is C16H22BrNO. The van der Waals surface area contributed by atoms with Crippen molar-refractivity contribution in [2.45, 2.75) is 38.5 Å². The summed E-state index contributed by atoms with van der Waals surface area (Å²) in [6.45, 7) is 1.96. The largest absolute Gasteiger partial charge is 0.493 e. The summed E-state index contributed by atoms with van der Waals surface area (Å²) in [7, 11) is 2.07. The quantitative estimate of drug-likeness (QED) is 0.912. The van der Waals surface area contributed by atoms with E-state index in [9.17, 15) is 0 Å². The van der Waals surface area contributed by atoms with Crippen LogP contribution >= 0.6 is 15.9 Å². The molecule has 2 aliphatic rings. The van der Waals surface area contributed by atoms with E-state index in [0.717, 1.165) is 26.0 Å². The Bertz CT molecular complexity index is 466. The van der Waals surface area contributed by atoms with Crippen LogP contribution in [-0.4, -0.2) is 20.2 Å². The van der Waals surface area contributed by atoms with Gasteiger partial charge >= 0.3 is 0 Å². The van der Waals surface area contributed by atoms with Crippen LogP contribution in [0.3, 0.4) is 0 Å². The number of benzene rings is 1. The average molecular weight is 324 g/mol. The zero-order valence-corrected chi connectivity index (χ0v) is 13.2. The summed E-state index contributed by atoms with van der Waals surface area (Å²) >= 11 is 3.65. The van der Waals surface area contributed by atoms with E-state index in [-0.39, 0.29) is 0 Å². The molecule has 19 heavy (non-hydrogen) atoms.